The lowest BCUT2D eigenvalue weighted by Gasteiger charge is -2.13. The number of carbonyl (C=O) groups excluding carboxylic acids is 1. The first-order valence-corrected chi connectivity index (χ1v) is 8.64. The molecule has 0 saturated carbocycles. The summed E-state index contributed by atoms with van der Waals surface area (Å²) in [5, 5.41) is 11.3. The molecule has 0 atom stereocenters. The SMILES string of the molecule is COc1cccc(OC)c1C(=O)Nc1cccc(-c2nnc3ccccn23)c1. The molecule has 2 heterocycles. The number of rotatable bonds is 5. The number of carbonyl (C=O) groups is 1. The molecule has 0 unspecified atom stereocenters. The van der Waals surface area contributed by atoms with Crippen molar-refractivity contribution in [1.82, 2.24) is 14.6 Å². The van der Waals surface area contributed by atoms with Crippen LogP contribution in [-0.4, -0.2) is 34.7 Å². The molecule has 2 aromatic heterocycles. The first kappa shape index (κ1) is 17.5. The Bertz CT molecular complexity index is 1130. The predicted molar refractivity (Wildman–Crippen MR) is 106 cm³/mol. The molecule has 0 spiro atoms. The summed E-state index contributed by atoms with van der Waals surface area (Å²) in [5.74, 6) is 1.26. The zero-order chi connectivity index (χ0) is 19.5. The van der Waals surface area contributed by atoms with Crippen molar-refractivity contribution < 1.29 is 14.3 Å². The van der Waals surface area contributed by atoms with Gasteiger partial charge in [-0.25, -0.2) is 0 Å². The number of nitrogens with one attached hydrogen (secondary N) is 1. The number of hydrogen-bond acceptors (Lipinski definition) is 5. The van der Waals surface area contributed by atoms with E-state index in [9.17, 15) is 4.79 Å². The molecule has 28 heavy (non-hydrogen) atoms. The minimum absolute atomic E-state index is 0.322. The van der Waals surface area contributed by atoms with Gasteiger partial charge in [-0.1, -0.05) is 24.3 Å². The molecule has 0 aliphatic carbocycles. The minimum atomic E-state index is -0.322. The van der Waals surface area contributed by atoms with Crippen LogP contribution < -0.4 is 14.8 Å². The molecule has 2 aromatic carbocycles. The van der Waals surface area contributed by atoms with Gasteiger partial charge in [0.2, 0.25) is 0 Å². The van der Waals surface area contributed by atoms with Crippen LogP contribution in [0.2, 0.25) is 0 Å². The summed E-state index contributed by atoms with van der Waals surface area (Å²) < 4.78 is 12.5. The first-order valence-electron chi connectivity index (χ1n) is 8.64. The molecule has 0 aliphatic rings. The van der Waals surface area contributed by atoms with Crippen LogP contribution in [0, 0.1) is 0 Å². The standard InChI is InChI=1S/C21H18N4O3/c1-27-16-9-6-10-17(28-2)19(16)21(26)22-15-8-5-7-14(13-15)20-24-23-18-11-3-4-12-25(18)20/h3-13H,1-2H3,(H,22,26). The van der Waals surface area contributed by atoms with Crippen molar-refractivity contribution in [3.8, 4) is 22.9 Å². The molecule has 1 N–H and O–H groups in total. The van der Waals surface area contributed by atoms with Crippen LogP contribution in [0.3, 0.4) is 0 Å². The van der Waals surface area contributed by atoms with Crippen LogP contribution in [0.15, 0.2) is 66.9 Å². The monoisotopic (exact) mass is 374 g/mol. The van der Waals surface area contributed by atoms with E-state index in [1.807, 2.05) is 53.1 Å². The first-order chi connectivity index (χ1) is 13.7. The molecular formula is C21H18N4O3. The largest absolute Gasteiger partial charge is 0.496 e. The maximum atomic E-state index is 12.9. The molecule has 0 aliphatic heterocycles. The second-order valence-electron chi connectivity index (χ2n) is 6.02. The van der Waals surface area contributed by atoms with Crippen LogP contribution in [-0.2, 0) is 0 Å². The number of aromatic nitrogens is 3. The van der Waals surface area contributed by atoms with Crippen molar-refractivity contribution in [1.29, 1.82) is 0 Å². The van der Waals surface area contributed by atoms with Gasteiger partial charge in [0.25, 0.3) is 5.91 Å². The van der Waals surface area contributed by atoms with E-state index in [0.717, 1.165) is 11.2 Å². The Morgan fingerprint density at radius 1 is 0.929 bits per heavy atom. The zero-order valence-corrected chi connectivity index (χ0v) is 15.4. The fourth-order valence-corrected chi connectivity index (χ4v) is 3.04. The van der Waals surface area contributed by atoms with Gasteiger partial charge < -0.3 is 14.8 Å². The Morgan fingerprint density at radius 3 is 2.43 bits per heavy atom. The summed E-state index contributed by atoms with van der Waals surface area (Å²) in [4.78, 5) is 12.9. The van der Waals surface area contributed by atoms with E-state index in [2.05, 4.69) is 15.5 Å². The number of anilines is 1. The van der Waals surface area contributed by atoms with Gasteiger partial charge in [-0.3, -0.25) is 9.20 Å². The van der Waals surface area contributed by atoms with Crippen molar-refractivity contribution >= 4 is 17.2 Å². The number of amides is 1. The van der Waals surface area contributed by atoms with Crippen LogP contribution in [0.25, 0.3) is 17.0 Å². The molecule has 0 fully saturated rings. The highest BCUT2D eigenvalue weighted by Gasteiger charge is 2.18. The highest BCUT2D eigenvalue weighted by molar-refractivity contribution is 6.08. The van der Waals surface area contributed by atoms with E-state index >= 15 is 0 Å². The van der Waals surface area contributed by atoms with E-state index < -0.39 is 0 Å². The van der Waals surface area contributed by atoms with Gasteiger partial charge in [0.15, 0.2) is 11.5 Å². The molecule has 4 rings (SSSR count). The number of ether oxygens (including phenoxy) is 2. The molecule has 4 aromatic rings. The molecule has 0 saturated heterocycles. The number of hydrogen-bond donors (Lipinski definition) is 1. The Morgan fingerprint density at radius 2 is 1.68 bits per heavy atom. The molecule has 7 nitrogen and oxygen atoms in total. The van der Waals surface area contributed by atoms with Crippen molar-refractivity contribution in [2.24, 2.45) is 0 Å². The van der Waals surface area contributed by atoms with Gasteiger partial charge in [-0.15, -0.1) is 10.2 Å². The third kappa shape index (κ3) is 3.14. The second kappa shape index (κ2) is 7.40. The van der Waals surface area contributed by atoms with E-state index in [0.29, 0.717) is 28.6 Å². The van der Waals surface area contributed by atoms with Gasteiger partial charge in [0.1, 0.15) is 17.1 Å². The van der Waals surface area contributed by atoms with Crippen LogP contribution in [0.1, 0.15) is 10.4 Å². The Balaban J connectivity index is 1.67. The number of pyridine rings is 1. The number of nitrogens with zero attached hydrogens (tertiary/aromatic N) is 3. The van der Waals surface area contributed by atoms with Crippen molar-refractivity contribution in [3.05, 3.63) is 72.4 Å². The van der Waals surface area contributed by atoms with E-state index in [-0.39, 0.29) is 5.91 Å². The van der Waals surface area contributed by atoms with E-state index in [1.165, 1.54) is 14.2 Å². The van der Waals surface area contributed by atoms with Crippen LogP contribution >= 0.6 is 0 Å². The molecule has 1 amide bonds. The quantitative estimate of drug-likeness (QED) is 0.577. The third-order valence-electron chi connectivity index (χ3n) is 4.35. The van der Waals surface area contributed by atoms with Gasteiger partial charge in [0.05, 0.1) is 14.2 Å². The average molecular weight is 374 g/mol. The average Bonchev–Trinajstić information content (AvgIpc) is 3.17. The highest BCUT2D eigenvalue weighted by Crippen LogP contribution is 2.29. The van der Waals surface area contributed by atoms with Crippen molar-refractivity contribution in [3.63, 3.8) is 0 Å². The fourth-order valence-electron chi connectivity index (χ4n) is 3.04. The highest BCUT2D eigenvalue weighted by atomic mass is 16.5. The van der Waals surface area contributed by atoms with Gasteiger partial charge in [0, 0.05) is 17.4 Å². The summed E-state index contributed by atoms with van der Waals surface area (Å²) in [6.45, 7) is 0. The lowest BCUT2D eigenvalue weighted by atomic mass is 10.1. The smallest absolute Gasteiger partial charge is 0.263 e. The maximum absolute atomic E-state index is 12.9. The van der Waals surface area contributed by atoms with Crippen molar-refractivity contribution in [2.75, 3.05) is 19.5 Å². The summed E-state index contributed by atoms with van der Waals surface area (Å²) in [6, 6.07) is 18.4. The Hall–Kier alpha value is -3.87. The van der Waals surface area contributed by atoms with Crippen molar-refractivity contribution in [2.45, 2.75) is 0 Å². The summed E-state index contributed by atoms with van der Waals surface area (Å²) >= 11 is 0. The number of fused-ring (bicyclic) bond motifs is 1. The summed E-state index contributed by atoms with van der Waals surface area (Å²) in [6.07, 6.45) is 1.90. The summed E-state index contributed by atoms with van der Waals surface area (Å²) in [5.41, 5.74) is 2.56. The number of methoxy groups -OCH3 is 2. The third-order valence-corrected chi connectivity index (χ3v) is 4.35. The minimum Gasteiger partial charge on any atom is -0.496 e. The lowest BCUT2D eigenvalue weighted by Crippen LogP contribution is -2.14. The molecular weight excluding hydrogens is 356 g/mol. The van der Waals surface area contributed by atoms with Gasteiger partial charge in [-0.05, 0) is 36.4 Å². The molecule has 140 valence electrons. The van der Waals surface area contributed by atoms with E-state index in [4.69, 9.17) is 9.47 Å². The molecule has 0 radical (unpaired) electrons. The zero-order valence-electron chi connectivity index (χ0n) is 15.4. The molecule has 0 bridgehead atoms. The maximum Gasteiger partial charge on any atom is 0.263 e. The van der Waals surface area contributed by atoms with E-state index in [1.54, 1.807) is 18.2 Å². The Labute approximate surface area is 161 Å². The van der Waals surface area contributed by atoms with Gasteiger partial charge >= 0.3 is 0 Å². The lowest BCUT2D eigenvalue weighted by molar-refractivity contribution is 0.102. The number of benzene rings is 2. The normalized spacial score (nSPS) is 10.6. The van der Waals surface area contributed by atoms with Crippen LogP contribution in [0.4, 0.5) is 5.69 Å². The second-order valence-corrected chi connectivity index (χ2v) is 6.02. The molecule has 7 heteroatoms. The predicted octanol–water partition coefficient (Wildman–Crippen LogP) is 3.67. The summed E-state index contributed by atoms with van der Waals surface area (Å²) in [7, 11) is 3.03. The van der Waals surface area contributed by atoms with Crippen LogP contribution in [0.5, 0.6) is 11.5 Å². The topological polar surface area (TPSA) is 77.8 Å². The fraction of sp³-hybridized carbons (Fsp3) is 0.0952. The van der Waals surface area contributed by atoms with Gasteiger partial charge in [-0.2, -0.15) is 0 Å². The Kier molecular flexibility index (Phi) is 4.63.